The molecule has 0 amide bonds. The first-order valence-corrected chi connectivity index (χ1v) is 8.15. The number of benzene rings is 1. The minimum absolute atomic E-state index is 0.589. The van der Waals surface area contributed by atoms with Gasteiger partial charge in [-0.1, -0.05) is 29.4 Å². The second kappa shape index (κ2) is 5.26. The predicted octanol–water partition coefficient (Wildman–Crippen LogP) is 4.16. The van der Waals surface area contributed by atoms with E-state index in [9.17, 15) is 0 Å². The summed E-state index contributed by atoms with van der Waals surface area (Å²) in [5, 5.41) is 1.32. The summed E-state index contributed by atoms with van der Waals surface area (Å²) in [5.41, 5.74) is 4.77. The van der Waals surface area contributed by atoms with E-state index in [0.29, 0.717) is 5.15 Å². The van der Waals surface area contributed by atoms with Crippen LogP contribution < -0.4 is 4.90 Å². The molecule has 0 fully saturated rings. The molecule has 1 aliphatic heterocycles. The number of hydrogen-bond acceptors (Lipinski definition) is 4. The Kier molecular flexibility index (Phi) is 3.61. The third kappa shape index (κ3) is 2.38. The lowest BCUT2D eigenvalue weighted by Crippen LogP contribution is -2.15. The summed E-state index contributed by atoms with van der Waals surface area (Å²) in [4.78, 5) is 11.2. The van der Waals surface area contributed by atoms with Crippen molar-refractivity contribution in [2.24, 2.45) is 0 Å². The van der Waals surface area contributed by atoms with Gasteiger partial charge in [0.25, 0.3) is 0 Å². The van der Waals surface area contributed by atoms with Crippen LogP contribution in [0.25, 0.3) is 0 Å². The van der Waals surface area contributed by atoms with Crippen molar-refractivity contribution >= 4 is 34.9 Å². The van der Waals surface area contributed by atoms with Crippen molar-refractivity contribution in [3.05, 3.63) is 40.0 Å². The third-order valence-corrected chi connectivity index (χ3v) is 4.32. The van der Waals surface area contributed by atoms with Crippen LogP contribution in [0.5, 0.6) is 0 Å². The van der Waals surface area contributed by atoms with Gasteiger partial charge in [0.05, 0.1) is 0 Å². The molecule has 0 radical (unpaired) electrons. The van der Waals surface area contributed by atoms with Crippen molar-refractivity contribution in [1.29, 1.82) is 0 Å². The van der Waals surface area contributed by atoms with E-state index in [0.717, 1.165) is 29.5 Å². The maximum absolute atomic E-state index is 6.28. The second-order valence-electron chi connectivity index (χ2n) is 5.05. The van der Waals surface area contributed by atoms with E-state index in [1.165, 1.54) is 28.6 Å². The average molecular weight is 306 g/mol. The van der Waals surface area contributed by atoms with Crippen LogP contribution in [0.2, 0.25) is 5.15 Å². The van der Waals surface area contributed by atoms with Crippen molar-refractivity contribution in [2.75, 3.05) is 17.7 Å². The Bertz CT molecular complexity index is 652. The fraction of sp³-hybridized carbons (Fsp3) is 0.333. The molecule has 0 bridgehead atoms. The van der Waals surface area contributed by atoms with Gasteiger partial charge >= 0.3 is 0 Å². The Morgan fingerprint density at radius 3 is 2.50 bits per heavy atom. The number of hydrogen-bond donors (Lipinski definition) is 0. The first-order valence-electron chi connectivity index (χ1n) is 6.54. The molecule has 2 heterocycles. The van der Waals surface area contributed by atoms with Crippen molar-refractivity contribution in [1.82, 2.24) is 9.97 Å². The molecule has 1 aromatic carbocycles. The Balaban J connectivity index is 2.10. The lowest BCUT2D eigenvalue weighted by molar-refractivity contribution is 0.948. The van der Waals surface area contributed by atoms with Gasteiger partial charge in [0, 0.05) is 17.8 Å². The quantitative estimate of drug-likeness (QED) is 0.473. The van der Waals surface area contributed by atoms with Gasteiger partial charge < -0.3 is 4.90 Å². The van der Waals surface area contributed by atoms with E-state index in [1.54, 1.807) is 0 Å². The Morgan fingerprint density at radius 1 is 1.15 bits per heavy atom. The van der Waals surface area contributed by atoms with Crippen LogP contribution in [0.4, 0.5) is 11.5 Å². The molecule has 0 spiro atoms. The van der Waals surface area contributed by atoms with E-state index >= 15 is 0 Å². The number of halogens is 1. The van der Waals surface area contributed by atoms with Gasteiger partial charge in [0.1, 0.15) is 11.0 Å². The smallest absolute Gasteiger partial charge is 0.190 e. The van der Waals surface area contributed by atoms with Crippen LogP contribution in [-0.2, 0) is 6.42 Å². The standard InChI is InChI=1S/C15H16ClN3S/c1-9-6-10(2)8-11(7-9)19-5-4-12-13(16)17-15(20-3)18-14(12)19/h6-8H,4-5H2,1-3H3. The zero-order valence-electron chi connectivity index (χ0n) is 11.8. The highest BCUT2D eigenvalue weighted by atomic mass is 35.5. The Labute approximate surface area is 128 Å². The molecule has 1 aliphatic rings. The summed E-state index contributed by atoms with van der Waals surface area (Å²) in [7, 11) is 0. The first-order chi connectivity index (χ1) is 9.58. The summed E-state index contributed by atoms with van der Waals surface area (Å²) >= 11 is 7.80. The monoisotopic (exact) mass is 305 g/mol. The zero-order valence-corrected chi connectivity index (χ0v) is 13.3. The van der Waals surface area contributed by atoms with Gasteiger partial charge in [0.2, 0.25) is 0 Å². The van der Waals surface area contributed by atoms with Gasteiger partial charge in [-0.2, -0.15) is 0 Å². The molecule has 0 saturated carbocycles. The van der Waals surface area contributed by atoms with E-state index < -0.39 is 0 Å². The molecule has 0 saturated heterocycles. The molecule has 0 aliphatic carbocycles. The number of nitrogens with zero attached hydrogens (tertiary/aromatic N) is 3. The van der Waals surface area contributed by atoms with Gasteiger partial charge in [-0.25, -0.2) is 9.97 Å². The first kappa shape index (κ1) is 13.7. The average Bonchev–Trinajstić information content (AvgIpc) is 2.81. The predicted molar refractivity (Wildman–Crippen MR) is 85.4 cm³/mol. The number of anilines is 2. The molecule has 104 valence electrons. The van der Waals surface area contributed by atoms with Gasteiger partial charge in [-0.15, -0.1) is 0 Å². The molecule has 0 N–H and O–H groups in total. The number of aromatic nitrogens is 2. The van der Waals surface area contributed by atoms with E-state index in [4.69, 9.17) is 11.6 Å². The van der Waals surface area contributed by atoms with Gasteiger partial charge in [-0.3, -0.25) is 0 Å². The van der Waals surface area contributed by atoms with E-state index in [-0.39, 0.29) is 0 Å². The largest absolute Gasteiger partial charge is 0.326 e. The highest BCUT2D eigenvalue weighted by Gasteiger charge is 2.26. The molecule has 3 rings (SSSR count). The normalized spacial score (nSPS) is 13.7. The van der Waals surface area contributed by atoms with Crippen LogP contribution in [0.15, 0.2) is 23.4 Å². The molecular weight excluding hydrogens is 290 g/mol. The number of fused-ring (bicyclic) bond motifs is 1. The Hall–Kier alpha value is -1.26. The fourth-order valence-electron chi connectivity index (χ4n) is 2.64. The summed E-state index contributed by atoms with van der Waals surface area (Å²) in [6.07, 6.45) is 2.87. The van der Waals surface area contributed by atoms with E-state index in [1.807, 2.05) is 6.26 Å². The van der Waals surface area contributed by atoms with Crippen molar-refractivity contribution in [2.45, 2.75) is 25.4 Å². The van der Waals surface area contributed by atoms with Crippen LogP contribution in [0.3, 0.4) is 0 Å². The SMILES string of the molecule is CSc1nc(Cl)c2c(n1)N(c1cc(C)cc(C)c1)CC2. The molecule has 3 nitrogen and oxygen atoms in total. The summed E-state index contributed by atoms with van der Waals surface area (Å²) in [5.74, 6) is 0.958. The highest BCUT2D eigenvalue weighted by molar-refractivity contribution is 7.98. The van der Waals surface area contributed by atoms with Crippen LogP contribution >= 0.6 is 23.4 Å². The van der Waals surface area contributed by atoms with Crippen LogP contribution in [-0.4, -0.2) is 22.8 Å². The lowest BCUT2D eigenvalue weighted by atomic mass is 10.1. The molecular formula is C15H16ClN3S. The maximum Gasteiger partial charge on any atom is 0.190 e. The summed E-state index contributed by atoms with van der Waals surface area (Å²) in [6.45, 7) is 5.14. The Morgan fingerprint density at radius 2 is 1.85 bits per heavy atom. The number of aryl methyl sites for hydroxylation is 2. The molecule has 2 aromatic rings. The van der Waals surface area contributed by atoms with Crippen molar-refractivity contribution in [3.8, 4) is 0 Å². The minimum atomic E-state index is 0.589. The van der Waals surface area contributed by atoms with Gasteiger partial charge in [0.15, 0.2) is 5.16 Å². The van der Waals surface area contributed by atoms with Crippen LogP contribution in [0.1, 0.15) is 16.7 Å². The maximum atomic E-state index is 6.28. The summed E-state index contributed by atoms with van der Waals surface area (Å²) < 4.78 is 0. The number of rotatable bonds is 2. The van der Waals surface area contributed by atoms with Crippen molar-refractivity contribution < 1.29 is 0 Å². The number of thioether (sulfide) groups is 1. The topological polar surface area (TPSA) is 29.0 Å². The highest BCUT2D eigenvalue weighted by Crippen LogP contribution is 2.37. The molecule has 20 heavy (non-hydrogen) atoms. The fourth-order valence-corrected chi connectivity index (χ4v) is 3.31. The molecule has 5 heteroatoms. The third-order valence-electron chi connectivity index (χ3n) is 3.46. The lowest BCUT2D eigenvalue weighted by Gasteiger charge is -2.20. The zero-order chi connectivity index (χ0) is 14.3. The molecule has 0 atom stereocenters. The second-order valence-corrected chi connectivity index (χ2v) is 6.18. The minimum Gasteiger partial charge on any atom is -0.326 e. The van der Waals surface area contributed by atoms with Crippen molar-refractivity contribution in [3.63, 3.8) is 0 Å². The van der Waals surface area contributed by atoms with Crippen LogP contribution in [0, 0.1) is 13.8 Å². The molecule has 1 aromatic heterocycles. The summed E-state index contributed by atoms with van der Waals surface area (Å²) in [6, 6.07) is 6.56. The molecule has 0 unspecified atom stereocenters. The van der Waals surface area contributed by atoms with E-state index in [2.05, 4.69) is 46.9 Å². The van der Waals surface area contributed by atoms with Gasteiger partial charge in [-0.05, 0) is 49.8 Å².